The van der Waals surface area contributed by atoms with E-state index in [4.69, 9.17) is 11.6 Å². The van der Waals surface area contributed by atoms with Gasteiger partial charge in [-0.05, 0) is 56.0 Å². The van der Waals surface area contributed by atoms with Crippen molar-refractivity contribution in [2.24, 2.45) is 5.41 Å². The van der Waals surface area contributed by atoms with Gasteiger partial charge in [0, 0.05) is 11.6 Å². The summed E-state index contributed by atoms with van der Waals surface area (Å²) in [6.07, 6.45) is 1.95. The molecule has 1 aromatic carbocycles. The lowest BCUT2D eigenvalue weighted by molar-refractivity contribution is 0.232. The Morgan fingerprint density at radius 2 is 1.95 bits per heavy atom. The van der Waals surface area contributed by atoms with E-state index in [9.17, 15) is 8.42 Å². The first kappa shape index (κ1) is 18.7. The Morgan fingerprint density at radius 1 is 1.33 bits per heavy atom. The zero-order chi connectivity index (χ0) is 14.8. The Balaban J connectivity index is 0.00000220. The van der Waals surface area contributed by atoms with E-state index in [-0.39, 0.29) is 22.7 Å². The molecular weight excluding hydrogens is 331 g/mol. The molecule has 0 radical (unpaired) electrons. The van der Waals surface area contributed by atoms with E-state index in [0.29, 0.717) is 17.1 Å². The lowest BCUT2D eigenvalue weighted by Gasteiger charge is -2.34. The lowest BCUT2D eigenvalue weighted by atomic mass is 9.81. The van der Waals surface area contributed by atoms with Crippen LogP contribution in [0.4, 0.5) is 0 Å². The summed E-state index contributed by atoms with van der Waals surface area (Å²) in [5, 5.41) is 3.72. The molecule has 4 nitrogen and oxygen atoms in total. The summed E-state index contributed by atoms with van der Waals surface area (Å²) in [5.74, 6) is 0. The molecule has 1 aromatic rings. The Hall–Kier alpha value is -0.330. The molecule has 2 rings (SSSR count). The summed E-state index contributed by atoms with van der Waals surface area (Å²) in [6, 6.07) is 4.93. The number of hydrogen-bond acceptors (Lipinski definition) is 3. The van der Waals surface area contributed by atoms with Gasteiger partial charge < -0.3 is 5.32 Å². The topological polar surface area (TPSA) is 58.2 Å². The van der Waals surface area contributed by atoms with Crippen molar-refractivity contribution in [3.05, 3.63) is 28.8 Å². The van der Waals surface area contributed by atoms with E-state index in [1.54, 1.807) is 19.1 Å². The third-order valence-corrected chi connectivity index (χ3v) is 5.72. The van der Waals surface area contributed by atoms with Gasteiger partial charge in [-0.25, -0.2) is 13.1 Å². The highest BCUT2D eigenvalue weighted by atomic mass is 35.5. The van der Waals surface area contributed by atoms with Gasteiger partial charge in [-0.3, -0.25) is 0 Å². The van der Waals surface area contributed by atoms with Gasteiger partial charge in [0.25, 0.3) is 0 Å². The van der Waals surface area contributed by atoms with Crippen LogP contribution in [0.2, 0.25) is 5.02 Å². The first-order chi connectivity index (χ1) is 9.32. The van der Waals surface area contributed by atoms with Crippen LogP contribution in [0.25, 0.3) is 0 Å². The van der Waals surface area contributed by atoms with Crippen molar-refractivity contribution in [3.8, 4) is 0 Å². The van der Waals surface area contributed by atoms with Gasteiger partial charge in [-0.15, -0.1) is 12.4 Å². The second-order valence-electron chi connectivity index (χ2n) is 5.80. The predicted octanol–water partition coefficient (Wildman–Crippen LogP) is 2.74. The largest absolute Gasteiger partial charge is 0.317 e. The van der Waals surface area contributed by atoms with Crippen LogP contribution in [0, 0.1) is 12.3 Å². The SMILES string of the molecule is Cc1ccc(Cl)cc1S(=O)(=O)NCC1(C)CCNCC1.Cl. The molecule has 0 saturated carbocycles. The Bertz CT molecular complexity index is 585. The average molecular weight is 353 g/mol. The minimum Gasteiger partial charge on any atom is -0.317 e. The third-order valence-electron chi connectivity index (χ3n) is 3.94. The fraction of sp³-hybridized carbons (Fsp3) is 0.571. The van der Waals surface area contributed by atoms with Crippen LogP contribution in [-0.4, -0.2) is 28.1 Å². The number of rotatable bonds is 4. The zero-order valence-electron chi connectivity index (χ0n) is 12.3. The summed E-state index contributed by atoms with van der Waals surface area (Å²) < 4.78 is 27.5. The lowest BCUT2D eigenvalue weighted by Crippen LogP contribution is -2.42. The molecule has 1 saturated heterocycles. The highest BCUT2D eigenvalue weighted by Crippen LogP contribution is 2.28. The molecule has 0 bridgehead atoms. The quantitative estimate of drug-likeness (QED) is 0.875. The van der Waals surface area contributed by atoms with Gasteiger partial charge in [-0.2, -0.15) is 0 Å². The number of aryl methyl sites for hydroxylation is 1. The van der Waals surface area contributed by atoms with Crippen molar-refractivity contribution in [1.82, 2.24) is 10.0 Å². The minimum absolute atomic E-state index is 0. The van der Waals surface area contributed by atoms with E-state index in [1.807, 2.05) is 0 Å². The number of nitrogens with one attached hydrogen (secondary N) is 2. The Morgan fingerprint density at radius 3 is 2.57 bits per heavy atom. The summed E-state index contributed by atoms with van der Waals surface area (Å²) in [5.41, 5.74) is 0.725. The summed E-state index contributed by atoms with van der Waals surface area (Å²) >= 11 is 5.90. The first-order valence-electron chi connectivity index (χ1n) is 6.79. The highest BCUT2D eigenvalue weighted by molar-refractivity contribution is 7.89. The molecule has 21 heavy (non-hydrogen) atoms. The molecule has 0 spiro atoms. The number of hydrogen-bond donors (Lipinski definition) is 2. The van der Waals surface area contributed by atoms with E-state index in [0.717, 1.165) is 25.9 Å². The predicted molar refractivity (Wildman–Crippen MR) is 88.8 cm³/mol. The molecule has 0 aliphatic carbocycles. The maximum atomic E-state index is 12.4. The first-order valence-corrected chi connectivity index (χ1v) is 8.65. The molecule has 1 aliphatic heterocycles. The molecule has 0 unspecified atom stereocenters. The van der Waals surface area contributed by atoms with Crippen LogP contribution in [-0.2, 0) is 10.0 Å². The average Bonchev–Trinajstić information content (AvgIpc) is 2.40. The number of sulfonamides is 1. The highest BCUT2D eigenvalue weighted by Gasteiger charge is 2.29. The minimum atomic E-state index is -3.51. The van der Waals surface area contributed by atoms with Crippen LogP contribution in [0.1, 0.15) is 25.3 Å². The molecule has 1 aliphatic rings. The monoisotopic (exact) mass is 352 g/mol. The fourth-order valence-corrected chi connectivity index (χ4v) is 4.12. The van der Waals surface area contributed by atoms with Crippen LogP contribution in [0.3, 0.4) is 0 Å². The number of benzene rings is 1. The van der Waals surface area contributed by atoms with E-state index in [1.165, 1.54) is 6.07 Å². The van der Waals surface area contributed by atoms with Crippen LogP contribution < -0.4 is 10.0 Å². The van der Waals surface area contributed by atoms with E-state index in [2.05, 4.69) is 17.0 Å². The summed E-state index contributed by atoms with van der Waals surface area (Å²) in [7, 11) is -3.51. The van der Waals surface area contributed by atoms with Gasteiger partial charge in [-0.1, -0.05) is 24.6 Å². The molecule has 120 valence electrons. The maximum absolute atomic E-state index is 12.4. The van der Waals surface area contributed by atoms with Crippen molar-refractivity contribution in [1.29, 1.82) is 0 Å². The fourth-order valence-electron chi connectivity index (χ4n) is 2.42. The molecule has 1 fully saturated rings. The molecule has 0 atom stereocenters. The zero-order valence-corrected chi connectivity index (χ0v) is 14.7. The number of halogens is 2. The van der Waals surface area contributed by atoms with Crippen molar-refractivity contribution >= 4 is 34.0 Å². The van der Waals surface area contributed by atoms with Gasteiger partial charge in [0.1, 0.15) is 0 Å². The van der Waals surface area contributed by atoms with Gasteiger partial charge in [0.2, 0.25) is 10.0 Å². The van der Waals surface area contributed by atoms with Crippen molar-refractivity contribution in [2.75, 3.05) is 19.6 Å². The normalized spacial score (nSPS) is 18.0. The number of piperidine rings is 1. The molecule has 7 heteroatoms. The smallest absolute Gasteiger partial charge is 0.240 e. The maximum Gasteiger partial charge on any atom is 0.240 e. The van der Waals surface area contributed by atoms with Crippen molar-refractivity contribution in [3.63, 3.8) is 0 Å². The molecule has 1 heterocycles. The molecule has 0 aromatic heterocycles. The molecule has 2 N–H and O–H groups in total. The Labute approximate surface area is 138 Å². The molecular formula is C14H22Cl2N2O2S. The van der Waals surface area contributed by atoms with Gasteiger partial charge in [0.05, 0.1) is 4.90 Å². The van der Waals surface area contributed by atoms with Crippen molar-refractivity contribution < 1.29 is 8.42 Å². The van der Waals surface area contributed by atoms with Gasteiger partial charge >= 0.3 is 0 Å². The van der Waals surface area contributed by atoms with Crippen LogP contribution in [0.15, 0.2) is 23.1 Å². The van der Waals surface area contributed by atoms with Crippen LogP contribution >= 0.6 is 24.0 Å². The van der Waals surface area contributed by atoms with E-state index >= 15 is 0 Å². The molecule has 0 amide bonds. The second-order valence-corrected chi connectivity index (χ2v) is 7.97. The summed E-state index contributed by atoms with van der Waals surface area (Å²) in [4.78, 5) is 0.266. The van der Waals surface area contributed by atoms with Gasteiger partial charge in [0.15, 0.2) is 0 Å². The Kier molecular flexibility index (Phi) is 6.50. The summed E-state index contributed by atoms with van der Waals surface area (Å²) in [6.45, 7) is 6.24. The second kappa shape index (κ2) is 7.29. The van der Waals surface area contributed by atoms with Crippen LogP contribution in [0.5, 0.6) is 0 Å². The van der Waals surface area contributed by atoms with Crippen molar-refractivity contribution in [2.45, 2.75) is 31.6 Å². The third kappa shape index (κ3) is 4.83. The standard InChI is InChI=1S/C14H21ClN2O2S.ClH/c1-11-3-4-12(15)9-13(11)20(18,19)17-10-14(2)5-7-16-8-6-14;/h3-4,9,16-17H,5-8,10H2,1-2H3;1H. The van der Waals surface area contributed by atoms with E-state index < -0.39 is 10.0 Å².